The van der Waals surface area contributed by atoms with Crippen LogP contribution in [-0.2, 0) is 13.0 Å². The highest BCUT2D eigenvalue weighted by molar-refractivity contribution is 9.10. The molecule has 4 rings (SSSR count). The van der Waals surface area contributed by atoms with Gasteiger partial charge in [-0.15, -0.1) is 0 Å². The minimum absolute atomic E-state index is 0.0115. The van der Waals surface area contributed by atoms with Gasteiger partial charge in [0.25, 0.3) is 0 Å². The molecule has 8 nitrogen and oxygen atoms in total. The van der Waals surface area contributed by atoms with E-state index in [-0.39, 0.29) is 16.8 Å². The number of nitrogens with one attached hydrogen (secondary N) is 1. The first-order chi connectivity index (χ1) is 13.0. The van der Waals surface area contributed by atoms with Crippen molar-refractivity contribution in [2.45, 2.75) is 13.0 Å². The Morgan fingerprint density at radius 1 is 1.30 bits per heavy atom. The van der Waals surface area contributed by atoms with Gasteiger partial charge in [-0.25, -0.2) is 24.1 Å². The molecule has 0 fully saturated rings. The van der Waals surface area contributed by atoms with E-state index in [0.717, 1.165) is 0 Å². The number of urea groups is 1. The molecule has 0 bridgehead atoms. The van der Waals surface area contributed by atoms with Crippen LogP contribution in [0, 0.1) is 5.82 Å². The summed E-state index contributed by atoms with van der Waals surface area (Å²) in [4.78, 5) is 26.2. The molecule has 0 aliphatic carbocycles. The Morgan fingerprint density at radius 3 is 2.85 bits per heavy atom. The molecule has 10 heteroatoms. The molecule has 0 aromatic carbocycles. The molecule has 0 spiro atoms. The number of hydrogen-bond donors (Lipinski definition) is 1. The van der Waals surface area contributed by atoms with Gasteiger partial charge in [0.1, 0.15) is 4.60 Å². The van der Waals surface area contributed by atoms with Crippen LogP contribution in [0.15, 0.2) is 52.1 Å². The van der Waals surface area contributed by atoms with Crippen molar-refractivity contribution in [2.75, 3.05) is 5.32 Å². The van der Waals surface area contributed by atoms with Crippen LogP contribution in [0.3, 0.4) is 0 Å². The molecular weight excluding hydrogens is 419 g/mol. The molecular formula is C17H12BrFN6O2. The first-order valence-electron chi connectivity index (χ1n) is 7.85. The van der Waals surface area contributed by atoms with E-state index in [4.69, 9.17) is 4.52 Å². The van der Waals surface area contributed by atoms with Crippen molar-refractivity contribution in [2.24, 2.45) is 0 Å². The maximum Gasteiger partial charge on any atom is 0.326 e. The Kier molecular flexibility index (Phi) is 4.40. The Balaban J connectivity index is 1.61. The Labute approximate surface area is 161 Å². The second-order valence-electron chi connectivity index (χ2n) is 5.73. The molecule has 3 aromatic heterocycles. The van der Waals surface area contributed by atoms with Crippen molar-refractivity contribution >= 4 is 27.6 Å². The van der Waals surface area contributed by atoms with Gasteiger partial charge in [-0.05, 0) is 28.1 Å². The summed E-state index contributed by atoms with van der Waals surface area (Å²) in [6.45, 7) is 4.07. The number of hydrogen-bond acceptors (Lipinski definition) is 6. The molecule has 0 saturated heterocycles. The Morgan fingerprint density at radius 2 is 2.07 bits per heavy atom. The van der Waals surface area contributed by atoms with E-state index < -0.39 is 11.8 Å². The van der Waals surface area contributed by atoms with E-state index in [1.54, 1.807) is 18.5 Å². The third kappa shape index (κ3) is 3.19. The van der Waals surface area contributed by atoms with Crippen molar-refractivity contribution in [1.82, 2.24) is 25.0 Å². The lowest BCUT2D eigenvalue weighted by molar-refractivity contribution is 0.220. The lowest BCUT2D eigenvalue weighted by Gasteiger charge is -2.28. The van der Waals surface area contributed by atoms with Crippen molar-refractivity contribution in [1.29, 1.82) is 0 Å². The smallest absolute Gasteiger partial charge is 0.326 e. The number of anilines is 1. The maximum atomic E-state index is 14.1. The predicted molar refractivity (Wildman–Crippen MR) is 96.8 cm³/mol. The van der Waals surface area contributed by atoms with Crippen LogP contribution in [0.25, 0.3) is 11.6 Å². The number of fused-ring (bicyclic) bond motifs is 1. The first-order valence-corrected chi connectivity index (χ1v) is 8.65. The molecule has 3 aromatic rings. The zero-order valence-corrected chi connectivity index (χ0v) is 15.4. The molecule has 1 aliphatic heterocycles. The monoisotopic (exact) mass is 430 g/mol. The van der Waals surface area contributed by atoms with Gasteiger partial charge >= 0.3 is 6.03 Å². The normalized spacial score (nSPS) is 13.4. The van der Waals surface area contributed by atoms with Crippen molar-refractivity contribution in [3.8, 4) is 11.6 Å². The number of allylic oxidation sites excluding steroid dienone is 1. The molecule has 1 aliphatic rings. The van der Waals surface area contributed by atoms with Gasteiger partial charge < -0.3 is 9.84 Å². The molecule has 0 saturated carbocycles. The van der Waals surface area contributed by atoms with E-state index >= 15 is 0 Å². The first kappa shape index (κ1) is 17.3. The highest BCUT2D eigenvalue weighted by atomic mass is 79.9. The van der Waals surface area contributed by atoms with Gasteiger partial charge in [0.15, 0.2) is 11.6 Å². The number of pyridine rings is 1. The highest BCUT2D eigenvalue weighted by Crippen LogP contribution is 2.32. The van der Waals surface area contributed by atoms with Crippen LogP contribution in [0.2, 0.25) is 0 Å². The van der Waals surface area contributed by atoms with Gasteiger partial charge in [0, 0.05) is 36.3 Å². The molecule has 1 N–H and O–H groups in total. The zero-order valence-electron chi connectivity index (χ0n) is 13.8. The Bertz CT molecular complexity index is 1040. The van der Waals surface area contributed by atoms with Gasteiger partial charge in [0.2, 0.25) is 5.76 Å². The number of carbonyl (C=O) groups excluding carboxylic acids is 1. The minimum atomic E-state index is -0.655. The van der Waals surface area contributed by atoms with Crippen LogP contribution in [0.5, 0.6) is 0 Å². The van der Waals surface area contributed by atoms with E-state index in [0.29, 0.717) is 35.0 Å². The summed E-state index contributed by atoms with van der Waals surface area (Å²) in [6.07, 6.45) is 4.89. The number of halogens is 2. The molecule has 136 valence electrons. The van der Waals surface area contributed by atoms with E-state index in [1.807, 2.05) is 0 Å². The molecule has 0 radical (unpaired) electrons. The number of carbonyl (C=O) groups is 1. The molecule has 0 unspecified atom stereocenters. The molecule has 2 amide bonds. The number of aromatic nitrogens is 4. The molecule has 0 atom stereocenters. The summed E-state index contributed by atoms with van der Waals surface area (Å²) in [5.41, 5.74) is 1.89. The summed E-state index contributed by atoms with van der Waals surface area (Å²) >= 11 is 2.99. The quantitative estimate of drug-likeness (QED) is 0.624. The van der Waals surface area contributed by atoms with Crippen LogP contribution in [0.1, 0.15) is 11.3 Å². The minimum Gasteiger partial charge on any atom is -0.352 e. The largest absolute Gasteiger partial charge is 0.352 e. The fourth-order valence-corrected chi connectivity index (χ4v) is 3.04. The SMILES string of the molecule is C=C1Cc2noc(-c3ncccn3)c2CN1C(=O)Nc1ccnc(Br)c1F. The van der Waals surface area contributed by atoms with Gasteiger partial charge in [0.05, 0.1) is 17.9 Å². The lowest BCUT2D eigenvalue weighted by Crippen LogP contribution is -2.37. The fourth-order valence-electron chi connectivity index (χ4n) is 2.71. The predicted octanol–water partition coefficient (Wildman–Crippen LogP) is 3.53. The summed E-state index contributed by atoms with van der Waals surface area (Å²) < 4.78 is 19.5. The van der Waals surface area contributed by atoms with Crippen molar-refractivity contribution in [3.63, 3.8) is 0 Å². The van der Waals surface area contributed by atoms with Crippen molar-refractivity contribution in [3.05, 3.63) is 64.7 Å². The standard InChI is InChI=1S/C17H12BrFN6O2/c1-9-7-12-10(14(27-24-12)16-21-4-2-5-22-16)8-25(9)17(26)23-11-3-6-20-15(18)13(11)19/h2-6H,1,7-8H2,(H,20,23,26). The second-order valence-corrected chi connectivity index (χ2v) is 6.48. The average molecular weight is 431 g/mol. The second kappa shape index (κ2) is 6.88. The molecule has 4 heterocycles. The van der Waals surface area contributed by atoms with E-state index in [2.05, 4.69) is 47.9 Å². The topological polar surface area (TPSA) is 97.0 Å². The third-order valence-electron chi connectivity index (χ3n) is 4.04. The summed E-state index contributed by atoms with van der Waals surface area (Å²) in [5, 5.41) is 6.57. The zero-order chi connectivity index (χ0) is 19.0. The van der Waals surface area contributed by atoms with Gasteiger partial charge in [-0.2, -0.15) is 0 Å². The van der Waals surface area contributed by atoms with Crippen LogP contribution in [0.4, 0.5) is 14.9 Å². The van der Waals surface area contributed by atoms with Crippen LogP contribution in [-0.4, -0.2) is 31.0 Å². The average Bonchev–Trinajstić information content (AvgIpc) is 3.08. The van der Waals surface area contributed by atoms with Crippen molar-refractivity contribution < 1.29 is 13.7 Å². The van der Waals surface area contributed by atoms with E-state index in [1.165, 1.54) is 17.2 Å². The third-order valence-corrected chi connectivity index (χ3v) is 4.59. The number of nitrogens with zero attached hydrogens (tertiary/aromatic N) is 5. The summed E-state index contributed by atoms with van der Waals surface area (Å²) in [7, 11) is 0. The fraction of sp³-hybridized carbons (Fsp3) is 0.118. The maximum absolute atomic E-state index is 14.1. The molecule has 27 heavy (non-hydrogen) atoms. The Hall–Kier alpha value is -3.14. The van der Waals surface area contributed by atoms with Crippen LogP contribution >= 0.6 is 15.9 Å². The lowest BCUT2D eigenvalue weighted by atomic mass is 10.0. The van der Waals surface area contributed by atoms with Gasteiger partial charge in [-0.3, -0.25) is 4.90 Å². The summed E-state index contributed by atoms with van der Waals surface area (Å²) in [5.74, 6) is 0.120. The van der Waals surface area contributed by atoms with Gasteiger partial charge in [-0.1, -0.05) is 11.7 Å². The summed E-state index contributed by atoms with van der Waals surface area (Å²) in [6, 6.07) is 2.54. The number of rotatable bonds is 2. The van der Waals surface area contributed by atoms with Crippen LogP contribution < -0.4 is 5.32 Å². The van der Waals surface area contributed by atoms with E-state index in [9.17, 15) is 9.18 Å². The highest BCUT2D eigenvalue weighted by Gasteiger charge is 2.31. The number of amides is 2.